The van der Waals surface area contributed by atoms with Gasteiger partial charge in [0.25, 0.3) is 0 Å². The molecule has 0 radical (unpaired) electrons. The Morgan fingerprint density at radius 3 is 2.44 bits per heavy atom. The maximum atomic E-state index is 15.0. The van der Waals surface area contributed by atoms with Crippen molar-refractivity contribution >= 4 is 40.3 Å². The van der Waals surface area contributed by atoms with Crippen LogP contribution in [0.2, 0.25) is 5.02 Å². The number of rotatable bonds is 5. The quantitative estimate of drug-likeness (QED) is 0.259. The fraction of sp³-hybridized carbons (Fsp3) is 0.290. The summed E-state index contributed by atoms with van der Waals surface area (Å²) in [6.07, 6.45) is 4.90. The molecule has 2 aliphatic heterocycles. The molecule has 200 valence electrons. The number of anilines is 2. The van der Waals surface area contributed by atoms with Gasteiger partial charge in [0, 0.05) is 36.9 Å². The zero-order chi connectivity index (χ0) is 27.1. The Bertz CT molecular complexity index is 1480. The van der Waals surface area contributed by atoms with Crippen molar-refractivity contribution in [2.24, 2.45) is 11.8 Å². The Labute approximate surface area is 239 Å². The van der Waals surface area contributed by atoms with Gasteiger partial charge in [0.1, 0.15) is 11.9 Å². The van der Waals surface area contributed by atoms with Gasteiger partial charge in [-0.3, -0.25) is 4.98 Å². The molecule has 0 spiro atoms. The van der Waals surface area contributed by atoms with Crippen molar-refractivity contribution < 1.29 is 4.39 Å². The van der Waals surface area contributed by atoms with E-state index in [0.29, 0.717) is 27.7 Å². The van der Waals surface area contributed by atoms with Gasteiger partial charge in [-0.1, -0.05) is 43.6 Å². The first kappa shape index (κ1) is 25.8. The number of hydrogen-bond acceptors (Lipinski definition) is 3. The van der Waals surface area contributed by atoms with E-state index >= 15 is 0 Å². The number of nitrogens with zero attached hydrogens (tertiary/aromatic N) is 4. The zero-order valence-electron chi connectivity index (χ0n) is 22.0. The molecule has 0 aliphatic carbocycles. The molecule has 2 aromatic heterocycles. The van der Waals surface area contributed by atoms with Crippen molar-refractivity contribution in [1.82, 2.24) is 14.9 Å². The lowest BCUT2D eigenvalue weighted by Gasteiger charge is -2.37. The maximum absolute atomic E-state index is 15.0. The Kier molecular flexibility index (Phi) is 7.04. The van der Waals surface area contributed by atoms with Gasteiger partial charge in [0.05, 0.1) is 28.1 Å². The average Bonchev–Trinajstić information content (AvgIpc) is 3.53. The highest BCUT2D eigenvalue weighted by atomic mass is 35.5. The number of nitrogens with one attached hydrogen (secondary N) is 1. The minimum Gasteiger partial charge on any atom is -0.370 e. The van der Waals surface area contributed by atoms with Crippen LogP contribution in [0.15, 0.2) is 85.2 Å². The number of hydrogen-bond donors (Lipinski definition) is 1. The van der Waals surface area contributed by atoms with Crippen molar-refractivity contribution in [3.8, 4) is 5.69 Å². The molecule has 0 saturated carbocycles. The van der Waals surface area contributed by atoms with Crippen LogP contribution in [0.3, 0.4) is 0 Å². The Balaban J connectivity index is 1.43. The largest absolute Gasteiger partial charge is 0.370 e. The van der Waals surface area contributed by atoms with E-state index < -0.39 is 0 Å². The van der Waals surface area contributed by atoms with E-state index in [1.54, 1.807) is 18.3 Å². The molecule has 4 heterocycles. The first-order chi connectivity index (χ1) is 18.9. The molecule has 0 amide bonds. The van der Waals surface area contributed by atoms with Crippen molar-refractivity contribution in [3.05, 3.63) is 107 Å². The summed E-state index contributed by atoms with van der Waals surface area (Å²) in [5.74, 6) is 0.950. The Hall–Kier alpha value is -3.42. The molecule has 2 aromatic carbocycles. The highest BCUT2D eigenvalue weighted by Crippen LogP contribution is 2.44. The Morgan fingerprint density at radius 1 is 0.949 bits per heavy atom. The first-order valence-electron chi connectivity index (χ1n) is 13.4. The summed E-state index contributed by atoms with van der Waals surface area (Å²) in [5.41, 5.74) is 4.15. The summed E-state index contributed by atoms with van der Waals surface area (Å²) in [4.78, 5) is 9.12. The van der Waals surface area contributed by atoms with Crippen LogP contribution in [-0.2, 0) is 0 Å². The molecule has 39 heavy (non-hydrogen) atoms. The molecule has 2 fully saturated rings. The molecule has 0 bridgehead atoms. The Morgan fingerprint density at radius 2 is 1.72 bits per heavy atom. The van der Waals surface area contributed by atoms with E-state index in [0.717, 1.165) is 35.9 Å². The van der Waals surface area contributed by atoms with Crippen LogP contribution in [0.1, 0.15) is 43.7 Å². The van der Waals surface area contributed by atoms with Crippen LogP contribution in [0.5, 0.6) is 0 Å². The number of pyridine rings is 1. The summed E-state index contributed by atoms with van der Waals surface area (Å²) < 4.78 is 16.8. The molecule has 8 heteroatoms. The van der Waals surface area contributed by atoms with Gasteiger partial charge in [0.15, 0.2) is 5.11 Å². The third-order valence-electron chi connectivity index (χ3n) is 7.71. The highest BCUT2D eigenvalue weighted by molar-refractivity contribution is 7.80. The average molecular weight is 560 g/mol. The van der Waals surface area contributed by atoms with Crippen LogP contribution < -0.4 is 15.1 Å². The molecule has 2 aliphatic rings. The SMILES string of the molecule is C[C@@H]1C[C@H](C)CN(c2ccc(N3C(=S)N[C@H](c4ccccn4)[C@H]3c3cccn3-c3ccccc3F)cc2Cl)C1. The van der Waals surface area contributed by atoms with E-state index in [9.17, 15) is 4.39 Å². The molecule has 1 N–H and O–H groups in total. The summed E-state index contributed by atoms with van der Waals surface area (Å²) >= 11 is 12.9. The molecule has 5 nitrogen and oxygen atoms in total. The van der Waals surface area contributed by atoms with Crippen molar-refractivity contribution in [1.29, 1.82) is 0 Å². The van der Waals surface area contributed by atoms with E-state index in [2.05, 4.69) is 46.1 Å². The predicted molar refractivity (Wildman–Crippen MR) is 160 cm³/mol. The molecule has 4 aromatic rings. The van der Waals surface area contributed by atoms with Crippen LogP contribution in [0.4, 0.5) is 15.8 Å². The van der Waals surface area contributed by atoms with Gasteiger partial charge in [-0.2, -0.15) is 0 Å². The number of aromatic nitrogens is 2. The van der Waals surface area contributed by atoms with E-state index in [4.69, 9.17) is 23.8 Å². The summed E-state index contributed by atoms with van der Waals surface area (Å²) in [6, 6.07) is 22.3. The van der Waals surface area contributed by atoms with E-state index in [1.165, 1.54) is 12.5 Å². The second kappa shape index (κ2) is 10.6. The van der Waals surface area contributed by atoms with Gasteiger partial charge in [0.2, 0.25) is 0 Å². The van der Waals surface area contributed by atoms with E-state index in [-0.39, 0.29) is 17.9 Å². The van der Waals surface area contributed by atoms with E-state index in [1.807, 2.05) is 53.2 Å². The third-order valence-corrected chi connectivity index (χ3v) is 8.33. The molecular weight excluding hydrogens is 529 g/mol. The minimum atomic E-state index is -0.293. The fourth-order valence-electron chi connectivity index (χ4n) is 6.20. The van der Waals surface area contributed by atoms with Gasteiger partial charge in [-0.05, 0) is 85.1 Å². The van der Waals surface area contributed by atoms with Gasteiger partial charge >= 0.3 is 0 Å². The van der Waals surface area contributed by atoms with Crippen molar-refractivity contribution in [3.63, 3.8) is 0 Å². The monoisotopic (exact) mass is 559 g/mol. The van der Waals surface area contributed by atoms with Gasteiger partial charge < -0.3 is 19.7 Å². The summed E-state index contributed by atoms with van der Waals surface area (Å²) in [5, 5.41) is 4.76. The number of halogens is 2. The fourth-order valence-corrected chi connectivity index (χ4v) is 6.84. The molecule has 4 atom stereocenters. The van der Waals surface area contributed by atoms with Crippen LogP contribution in [0.25, 0.3) is 5.69 Å². The van der Waals surface area contributed by atoms with Crippen LogP contribution in [-0.4, -0.2) is 27.8 Å². The molecular formula is C31H31ClFN5S. The number of thiocarbonyl (C=S) groups is 1. The second-order valence-electron chi connectivity index (χ2n) is 10.7. The highest BCUT2D eigenvalue weighted by Gasteiger charge is 2.42. The van der Waals surface area contributed by atoms with Gasteiger partial charge in [-0.25, -0.2) is 4.39 Å². The number of piperidine rings is 1. The van der Waals surface area contributed by atoms with Crippen molar-refractivity contribution in [2.75, 3.05) is 22.9 Å². The summed E-state index contributed by atoms with van der Waals surface area (Å²) in [6.45, 7) is 6.58. The maximum Gasteiger partial charge on any atom is 0.174 e. The topological polar surface area (TPSA) is 36.3 Å². The standard InChI is InChI=1S/C31H31ClFN5S/c1-20-16-21(2)19-36(18-20)26-13-12-22(17-23(26)32)38-30(29(35-31(38)39)25-9-5-6-14-34-25)28-11-7-15-37(28)27-10-4-3-8-24(27)33/h3-15,17,20-21,29-30H,16,18-19H2,1-2H3,(H,35,39)/t20-,21+,29-,30-/m1/s1. The molecule has 0 unspecified atom stereocenters. The predicted octanol–water partition coefficient (Wildman–Crippen LogP) is 7.32. The van der Waals surface area contributed by atoms with Crippen LogP contribution >= 0.6 is 23.8 Å². The first-order valence-corrected chi connectivity index (χ1v) is 14.2. The molecule has 6 rings (SSSR count). The van der Waals surface area contributed by atoms with Gasteiger partial charge in [-0.15, -0.1) is 0 Å². The third kappa shape index (κ3) is 4.90. The minimum absolute atomic E-state index is 0.249. The lowest BCUT2D eigenvalue weighted by atomic mass is 9.91. The number of para-hydroxylation sites is 1. The van der Waals surface area contributed by atoms with Crippen molar-refractivity contribution in [2.45, 2.75) is 32.4 Å². The second-order valence-corrected chi connectivity index (χ2v) is 11.5. The smallest absolute Gasteiger partial charge is 0.174 e. The zero-order valence-corrected chi connectivity index (χ0v) is 23.5. The number of benzene rings is 2. The lowest BCUT2D eigenvalue weighted by molar-refractivity contribution is 0.357. The van der Waals surface area contributed by atoms with Crippen LogP contribution in [0, 0.1) is 17.7 Å². The lowest BCUT2D eigenvalue weighted by Crippen LogP contribution is -2.38. The normalized spacial score (nSPS) is 23.2. The summed E-state index contributed by atoms with van der Waals surface area (Å²) in [7, 11) is 0. The molecule has 2 saturated heterocycles.